The van der Waals surface area contributed by atoms with Gasteiger partial charge in [-0.3, -0.25) is 43.2 Å². The third kappa shape index (κ3) is 30.7. The predicted molar refractivity (Wildman–Crippen MR) is 573 cm³/mol. The number of phenolic OH excluding ortho intramolecular Hbond substituents is 1. The lowest BCUT2D eigenvalue weighted by Crippen LogP contribution is -2.48. The summed E-state index contributed by atoms with van der Waals surface area (Å²) in [5.74, 6) is -0.843. The molecule has 0 bridgehead atoms. The number of nitrogens with one attached hydrogen (secondary N) is 5. The molecule has 9 amide bonds. The first-order valence-electron chi connectivity index (χ1n) is 49.7. The van der Waals surface area contributed by atoms with E-state index in [1.165, 1.54) is 22.3 Å². The Balaban J connectivity index is 0.000000171. The number of anilines is 2. The maximum absolute atomic E-state index is 12.9. The minimum Gasteiger partial charge on any atom is -0.508 e. The quantitative estimate of drug-likeness (QED) is 0.0171. The van der Waals surface area contributed by atoms with Gasteiger partial charge in [-0.05, 0) is 302 Å². The summed E-state index contributed by atoms with van der Waals surface area (Å²) < 4.78 is 0. The van der Waals surface area contributed by atoms with E-state index in [-0.39, 0.29) is 112 Å². The largest absolute Gasteiger partial charge is 0.508 e. The lowest BCUT2D eigenvalue weighted by molar-refractivity contribution is -0.123. The van der Waals surface area contributed by atoms with E-state index in [2.05, 4.69) is 142 Å². The van der Waals surface area contributed by atoms with Crippen LogP contribution in [0.3, 0.4) is 0 Å². The van der Waals surface area contributed by atoms with Crippen LogP contribution in [0.15, 0.2) is 255 Å². The van der Waals surface area contributed by atoms with Crippen molar-refractivity contribution < 1.29 is 48.3 Å². The van der Waals surface area contributed by atoms with Gasteiger partial charge in [-0.2, -0.15) is 0 Å². The smallest absolute Gasteiger partial charge is 0.248 e. The molecule has 2 heterocycles. The normalized spacial score (nSPS) is 20.0. The molecule has 10 aromatic rings. The number of nitrogens with two attached hydrogens (primary N) is 4. The summed E-state index contributed by atoms with van der Waals surface area (Å²) in [5.41, 5.74) is 36.6. The number of nitrogens with zero attached hydrogens (tertiary/aromatic N) is 7. The van der Waals surface area contributed by atoms with E-state index in [0.29, 0.717) is 66.4 Å². The van der Waals surface area contributed by atoms with E-state index in [0.717, 1.165) is 128 Å². The molecule has 2 aliphatic heterocycles. The minimum atomic E-state index is -0.499. The SMILES string of the molecule is CN(C)[C@H](CNC(=O)[C@@H]1CCCN1c1ccccc1)Cc1ccc(C(N)=O)cc1.CN(C)[C@H](CNC(=O)[C@@H]1C[C@]1(C)c1ccccc1)Cc1ccc(C(N)=O)cc1Cl.CN(C)[C@H](CNC(=O)[C@H]1CCCN1c1ccccc1)Cc1ccc(C(N)=O)cc1.CN(C)[C@H](CNC(=O)[C@H]1C[C@@]1(C)c1ccccc1)Cc1ccc(O)cc1.Cc1cc(C(N)=O)cc(C)c1C[C@@H](CNC(=O)[C@@H]1C[C@@]1(C)c1ccccc1)N(C)C. The zero-order valence-corrected chi connectivity index (χ0v) is 86.7. The molecular weight excluding hydrogens is 1810 g/mol. The highest BCUT2D eigenvalue weighted by Gasteiger charge is 2.57. The summed E-state index contributed by atoms with van der Waals surface area (Å²) in [6.45, 7) is 15.2. The van der Waals surface area contributed by atoms with Crippen LogP contribution < -0.4 is 59.3 Å². The van der Waals surface area contributed by atoms with Gasteiger partial charge in [0.25, 0.3) is 0 Å². The van der Waals surface area contributed by atoms with Crippen LogP contribution >= 0.6 is 11.6 Å². The molecule has 15 rings (SSSR count). The Morgan fingerprint density at radius 3 is 0.916 bits per heavy atom. The topological polar surface area (TPSA) is 361 Å². The molecule has 26 nitrogen and oxygen atoms in total. The van der Waals surface area contributed by atoms with Gasteiger partial charge in [-0.1, -0.05) is 202 Å². The second-order valence-corrected chi connectivity index (χ2v) is 41.1. The lowest BCUT2D eigenvalue weighted by Gasteiger charge is -2.28. The number of amides is 9. The fourth-order valence-electron chi connectivity index (χ4n) is 19.3. The summed E-state index contributed by atoms with van der Waals surface area (Å²) >= 11 is 6.34. The van der Waals surface area contributed by atoms with Crippen LogP contribution in [0.4, 0.5) is 11.4 Å². The molecule has 0 spiro atoms. The fourth-order valence-corrected chi connectivity index (χ4v) is 19.6. The number of carbonyl (C=O) groups is 9. The van der Waals surface area contributed by atoms with E-state index in [1.54, 1.807) is 48.5 Å². The molecule has 0 radical (unpaired) electrons. The van der Waals surface area contributed by atoms with E-state index in [1.807, 2.05) is 230 Å². The first-order chi connectivity index (χ1) is 68.2. The van der Waals surface area contributed by atoms with Crippen molar-refractivity contribution in [3.8, 4) is 5.75 Å². The number of carbonyl (C=O) groups excluding carboxylic acids is 9. The van der Waals surface area contributed by atoms with Crippen molar-refractivity contribution in [3.63, 3.8) is 0 Å². The number of benzene rings is 10. The third-order valence-electron chi connectivity index (χ3n) is 29.5. The molecular formula is C116H149ClN16O10. The molecule has 5 fully saturated rings. The molecule has 0 unspecified atom stereocenters. The average Bonchev–Trinajstić information content (AvgIpc) is 1.59. The van der Waals surface area contributed by atoms with Gasteiger partial charge in [0, 0.05) is 149 Å². The Bertz CT molecular complexity index is 5720. The Morgan fingerprint density at radius 2 is 0.622 bits per heavy atom. The number of likely N-dealkylation sites (N-methyl/N-ethyl adjacent to an activating group) is 5. The molecule has 10 aromatic carbocycles. The van der Waals surface area contributed by atoms with Crippen LogP contribution in [0, 0.1) is 31.6 Å². The van der Waals surface area contributed by atoms with Crippen molar-refractivity contribution in [1.29, 1.82) is 0 Å². The van der Waals surface area contributed by atoms with E-state index in [4.69, 9.17) is 34.5 Å². The number of rotatable bonds is 39. The lowest BCUT2D eigenvalue weighted by atomic mass is 9.93. The minimum absolute atomic E-state index is 0.00569. The number of halogens is 1. The van der Waals surface area contributed by atoms with Gasteiger partial charge < -0.3 is 88.9 Å². The molecule has 3 saturated carbocycles. The molecule has 14 N–H and O–H groups in total. The molecule has 5 aliphatic rings. The van der Waals surface area contributed by atoms with Crippen LogP contribution in [0.1, 0.15) is 163 Å². The predicted octanol–water partition coefficient (Wildman–Crippen LogP) is 13.0. The van der Waals surface area contributed by atoms with Gasteiger partial charge in [0.05, 0.1) is 0 Å². The number of hydrogen-bond acceptors (Lipinski definition) is 17. The van der Waals surface area contributed by atoms with Gasteiger partial charge in [0.2, 0.25) is 53.2 Å². The number of para-hydroxylation sites is 2. The maximum Gasteiger partial charge on any atom is 0.248 e. The van der Waals surface area contributed by atoms with Crippen molar-refractivity contribution in [1.82, 2.24) is 51.1 Å². The Kier molecular flexibility index (Phi) is 39.5. The Morgan fingerprint density at radius 1 is 0.350 bits per heavy atom. The summed E-state index contributed by atoms with van der Waals surface area (Å²) in [6, 6.07) is 82.4. The number of hydrogen-bond donors (Lipinski definition) is 10. The summed E-state index contributed by atoms with van der Waals surface area (Å²) in [5, 5.41) is 25.7. The van der Waals surface area contributed by atoms with Gasteiger partial charge in [-0.25, -0.2) is 0 Å². The highest BCUT2D eigenvalue weighted by Crippen LogP contribution is 2.56. The zero-order valence-electron chi connectivity index (χ0n) is 85.9. The molecule has 27 heteroatoms. The van der Waals surface area contributed by atoms with Crippen LogP contribution in [0.2, 0.25) is 5.02 Å². The first kappa shape index (κ1) is 110. The standard InChI is InChI=1S/C25H33N3O2.C23H28ClN3O2.2C23H30N4O2.C22H28N2O2/c1-16-11-18(23(26)29)12-17(2)21(16)13-20(28(4)5)15-27-24(30)22-14-25(22,3)19-9-7-6-8-10-19;1-23(17-7-5-4-6-8-17)13-19(23)22(29)26-14-18(27(2)3)11-15-9-10-16(21(25)28)12-20(15)24;2*1-26(2)20(15-17-10-12-18(13-11-17)22(24)28)16-25-23(29)21-9-6-14-27(21)19-7-4-3-5-8-19;1-22(17-7-5-4-6-8-17)14-20(22)21(26)23-15-18(24(2)3)13-16-9-11-19(25)12-10-16/h6-12,20,22H,13-15H2,1-5H3,(H2,26,29)(H,27,30);4-10,12,18-19H,11,13-14H2,1-3H3,(H2,25,28)(H,26,29);2*3-5,7-8,10-13,20-21H,6,9,14-16H2,1-2H3,(H2,24,28)(H,25,29);4-12,18,20,25H,13-15H2,1-3H3,(H,23,26)/t20-,22-,25-;18-,19-,23+;20-,21+;20-,21-;18-,20+,22-/m00000/s1. The van der Waals surface area contributed by atoms with Crippen molar-refractivity contribution in [2.24, 2.45) is 40.7 Å². The van der Waals surface area contributed by atoms with Crippen molar-refractivity contribution >= 4 is 76.1 Å². The van der Waals surface area contributed by atoms with Gasteiger partial charge in [0.15, 0.2) is 0 Å². The van der Waals surface area contributed by atoms with Crippen molar-refractivity contribution in [2.45, 2.75) is 170 Å². The van der Waals surface area contributed by atoms with E-state index >= 15 is 0 Å². The van der Waals surface area contributed by atoms with Crippen molar-refractivity contribution in [3.05, 3.63) is 338 Å². The van der Waals surface area contributed by atoms with Crippen molar-refractivity contribution in [2.75, 3.05) is 126 Å². The molecule has 3 aliphatic carbocycles. The number of phenols is 1. The van der Waals surface area contributed by atoms with Gasteiger partial charge >= 0.3 is 0 Å². The number of aryl methyl sites for hydroxylation is 2. The summed E-state index contributed by atoms with van der Waals surface area (Å²) in [7, 11) is 20.1. The van der Waals surface area contributed by atoms with Gasteiger partial charge in [-0.15, -0.1) is 0 Å². The maximum atomic E-state index is 12.9. The molecule has 0 aromatic heterocycles. The molecule has 13 atom stereocenters. The molecule has 2 saturated heterocycles. The third-order valence-corrected chi connectivity index (χ3v) is 29.9. The summed E-state index contributed by atoms with van der Waals surface area (Å²) in [4.78, 5) is 124. The van der Waals surface area contributed by atoms with Crippen LogP contribution in [-0.2, 0) is 72.3 Å². The second-order valence-electron chi connectivity index (χ2n) is 40.7. The highest BCUT2D eigenvalue weighted by atomic mass is 35.5. The second kappa shape index (κ2) is 51.2. The van der Waals surface area contributed by atoms with Crippen LogP contribution in [0.5, 0.6) is 5.75 Å². The van der Waals surface area contributed by atoms with E-state index in [9.17, 15) is 48.3 Å². The Hall–Kier alpha value is -13.1. The average molecular weight is 1960 g/mol. The zero-order chi connectivity index (χ0) is 104. The monoisotopic (exact) mass is 1960 g/mol. The fraction of sp³-hybridized carbons (Fsp3) is 0.405. The number of primary amides is 4. The number of aromatic hydroxyl groups is 1. The summed E-state index contributed by atoms with van der Waals surface area (Å²) in [6.07, 6.45) is 10.3. The van der Waals surface area contributed by atoms with Crippen LogP contribution in [-0.4, -0.2) is 241 Å². The first-order valence-corrected chi connectivity index (χ1v) is 50.1. The highest BCUT2D eigenvalue weighted by molar-refractivity contribution is 6.31. The Labute approximate surface area is 850 Å². The van der Waals surface area contributed by atoms with E-state index < -0.39 is 23.6 Å². The van der Waals surface area contributed by atoms with Gasteiger partial charge in [0.1, 0.15) is 17.8 Å². The molecule has 760 valence electrons. The van der Waals surface area contributed by atoms with Crippen LogP contribution in [0.25, 0.3) is 0 Å². The molecule has 143 heavy (non-hydrogen) atoms.